The van der Waals surface area contributed by atoms with E-state index in [9.17, 15) is 0 Å². The van der Waals surface area contributed by atoms with E-state index in [0.29, 0.717) is 5.92 Å². The largest absolute Gasteiger partial charge is 0.357 e. The third-order valence-corrected chi connectivity index (χ3v) is 4.17. The van der Waals surface area contributed by atoms with Crippen LogP contribution in [0.15, 0.2) is 12.1 Å². The Morgan fingerprint density at radius 3 is 2.89 bits per heavy atom. The van der Waals surface area contributed by atoms with Crippen molar-refractivity contribution in [2.75, 3.05) is 31.1 Å². The van der Waals surface area contributed by atoms with E-state index in [2.05, 4.69) is 29.3 Å². The molecule has 1 N–H and O–H groups in total. The van der Waals surface area contributed by atoms with E-state index >= 15 is 0 Å². The number of pyridine rings is 1. The van der Waals surface area contributed by atoms with Gasteiger partial charge < -0.3 is 10.2 Å². The summed E-state index contributed by atoms with van der Waals surface area (Å²) in [6.45, 7) is 6.78. The minimum Gasteiger partial charge on any atom is -0.357 e. The lowest BCUT2D eigenvalue weighted by Gasteiger charge is -2.28. The van der Waals surface area contributed by atoms with Crippen molar-refractivity contribution in [3.05, 3.63) is 23.4 Å². The molecule has 0 saturated carbocycles. The van der Waals surface area contributed by atoms with Crippen molar-refractivity contribution >= 4 is 5.82 Å². The number of rotatable bonds is 1. The number of anilines is 1. The molecule has 0 spiro atoms. The molecule has 3 heteroatoms. The zero-order chi connectivity index (χ0) is 12.4. The molecule has 2 aliphatic rings. The molecule has 18 heavy (non-hydrogen) atoms. The van der Waals surface area contributed by atoms with Gasteiger partial charge in [0.1, 0.15) is 5.82 Å². The number of nitrogens with zero attached hydrogens (tertiary/aromatic N) is 2. The standard InChI is InChI=1S/C15H23N3/c1-12-11-16-8-7-13-5-6-14(17-15(12)13)18-9-3-2-4-10-18/h5-6,12,16H,2-4,7-11H2,1H3. The Bertz CT molecular complexity index is 410. The first-order valence-corrected chi connectivity index (χ1v) is 7.30. The molecule has 3 heterocycles. The molecule has 98 valence electrons. The van der Waals surface area contributed by atoms with E-state index < -0.39 is 0 Å². The van der Waals surface area contributed by atoms with Gasteiger partial charge in [0.15, 0.2) is 0 Å². The first-order chi connectivity index (χ1) is 8.84. The second-order valence-corrected chi connectivity index (χ2v) is 5.62. The third kappa shape index (κ3) is 2.37. The summed E-state index contributed by atoms with van der Waals surface area (Å²) in [7, 11) is 0. The molecule has 1 fully saturated rings. The van der Waals surface area contributed by atoms with Crippen LogP contribution in [0.25, 0.3) is 0 Å². The number of hydrogen-bond acceptors (Lipinski definition) is 3. The highest BCUT2D eigenvalue weighted by atomic mass is 15.2. The summed E-state index contributed by atoms with van der Waals surface area (Å²) in [4.78, 5) is 7.42. The van der Waals surface area contributed by atoms with Gasteiger partial charge in [0.25, 0.3) is 0 Å². The number of aromatic nitrogens is 1. The number of fused-ring (bicyclic) bond motifs is 1. The van der Waals surface area contributed by atoms with Crippen LogP contribution < -0.4 is 10.2 Å². The predicted molar refractivity (Wildman–Crippen MR) is 75.3 cm³/mol. The molecule has 0 radical (unpaired) electrons. The van der Waals surface area contributed by atoms with Gasteiger partial charge in [-0.1, -0.05) is 13.0 Å². The molecule has 0 bridgehead atoms. The van der Waals surface area contributed by atoms with Gasteiger partial charge >= 0.3 is 0 Å². The van der Waals surface area contributed by atoms with Crippen molar-refractivity contribution in [1.29, 1.82) is 0 Å². The van der Waals surface area contributed by atoms with Crippen molar-refractivity contribution in [2.45, 2.75) is 38.5 Å². The van der Waals surface area contributed by atoms with Gasteiger partial charge in [0.2, 0.25) is 0 Å². The summed E-state index contributed by atoms with van der Waals surface area (Å²) in [6, 6.07) is 4.53. The molecule has 0 amide bonds. The fourth-order valence-corrected chi connectivity index (χ4v) is 3.07. The van der Waals surface area contributed by atoms with Gasteiger partial charge in [-0.3, -0.25) is 0 Å². The maximum atomic E-state index is 4.96. The van der Waals surface area contributed by atoms with Gasteiger partial charge in [0.05, 0.1) is 5.69 Å². The molecule has 1 saturated heterocycles. The van der Waals surface area contributed by atoms with Crippen LogP contribution in [-0.2, 0) is 6.42 Å². The van der Waals surface area contributed by atoms with Crippen LogP contribution in [0.1, 0.15) is 43.4 Å². The molecule has 0 aromatic carbocycles. The topological polar surface area (TPSA) is 28.2 Å². The van der Waals surface area contributed by atoms with Crippen LogP contribution in [-0.4, -0.2) is 31.2 Å². The summed E-state index contributed by atoms with van der Waals surface area (Å²) in [6.07, 6.45) is 5.13. The van der Waals surface area contributed by atoms with E-state index in [-0.39, 0.29) is 0 Å². The lowest BCUT2D eigenvalue weighted by atomic mass is 10.0. The maximum Gasteiger partial charge on any atom is 0.128 e. The van der Waals surface area contributed by atoms with Crippen LogP contribution in [0.5, 0.6) is 0 Å². The Labute approximate surface area is 110 Å². The second kappa shape index (κ2) is 5.27. The smallest absolute Gasteiger partial charge is 0.128 e. The maximum absolute atomic E-state index is 4.96. The number of piperidine rings is 1. The van der Waals surface area contributed by atoms with E-state index in [1.165, 1.54) is 49.4 Å². The molecule has 0 aliphatic carbocycles. The van der Waals surface area contributed by atoms with Crippen molar-refractivity contribution < 1.29 is 0 Å². The first-order valence-electron chi connectivity index (χ1n) is 7.30. The average molecular weight is 245 g/mol. The van der Waals surface area contributed by atoms with E-state index in [4.69, 9.17) is 4.98 Å². The molecule has 2 aliphatic heterocycles. The number of hydrogen-bond donors (Lipinski definition) is 1. The first kappa shape index (κ1) is 12.0. The molecule has 1 atom stereocenters. The Morgan fingerprint density at radius 1 is 1.22 bits per heavy atom. The lowest BCUT2D eigenvalue weighted by Crippen LogP contribution is -2.30. The lowest BCUT2D eigenvalue weighted by molar-refractivity contribution is 0.571. The van der Waals surface area contributed by atoms with Gasteiger partial charge in [-0.05, 0) is 43.9 Å². The normalized spacial score (nSPS) is 24.5. The Kier molecular flexibility index (Phi) is 3.50. The van der Waals surface area contributed by atoms with Gasteiger partial charge in [-0.2, -0.15) is 0 Å². The van der Waals surface area contributed by atoms with Crippen LogP contribution >= 0.6 is 0 Å². The highest BCUT2D eigenvalue weighted by molar-refractivity contribution is 5.43. The van der Waals surface area contributed by atoms with Gasteiger partial charge in [-0.25, -0.2) is 4.98 Å². The SMILES string of the molecule is CC1CNCCc2ccc(N3CCCCC3)nc21. The highest BCUT2D eigenvalue weighted by Crippen LogP contribution is 2.25. The summed E-state index contributed by atoms with van der Waals surface area (Å²) in [5.74, 6) is 1.73. The van der Waals surface area contributed by atoms with Crippen molar-refractivity contribution in [3.63, 3.8) is 0 Å². The van der Waals surface area contributed by atoms with E-state index in [0.717, 1.165) is 19.5 Å². The molecule has 1 unspecified atom stereocenters. The van der Waals surface area contributed by atoms with Crippen LogP contribution in [0.2, 0.25) is 0 Å². The van der Waals surface area contributed by atoms with Crippen LogP contribution in [0.3, 0.4) is 0 Å². The predicted octanol–water partition coefficient (Wildman–Crippen LogP) is 2.32. The Morgan fingerprint density at radius 2 is 2.06 bits per heavy atom. The summed E-state index contributed by atoms with van der Waals surface area (Å²) >= 11 is 0. The van der Waals surface area contributed by atoms with E-state index in [1.54, 1.807) is 0 Å². The minimum absolute atomic E-state index is 0.534. The Balaban J connectivity index is 1.88. The summed E-state index contributed by atoms with van der Waals surface area (Å²) in [5, 5.41) is 3.49. The zero-order valence-corrected chi connectivity index (χ0v) is 11.3. The fourth-order valence-electron chi connectivity index (χ4n) is 3.07. The van der Waals surface area contributed by atoms with Crippen molar-refractivity contribution in [3.8, 4) is 0 Å². The second-order valence-electron chi connectivity index (χ2n) is 5.62. The molecular weight excluding hydrogens is 222 g/mol. The molecular formula is C15H23N3. The van der Waals surface area contributed by atoms with Crippen molar-refractivity contribution in [2.24, 2.45) is 0 Å². The molecule has 1 aromatic heterocycles. The quantitative estimate of drug-likeness (QED) is 0.823. The Hall–Kier alpha value is -1.09. The van der Waals surface area contributed by atoms with Gasteiger partial charge in [0, 0.05) is 25.6 Å². The summed E-state index contributed by atoms with van der Waals surface area (Å²) < 4.78 is 0. The average Bonchev–Trinajstić information content (AvgIpc) is 2.62. The molecule has 3 rings (SSSR count). The van der Waals surface area contributed by atoms with Crippen LogP contribution in [0.4, 0.5) is 5.82 Å². The van der Waals surface area contributed by atoms with Crippen molar-refractivity contribution in [1.82, 2.24) is 10.3 Å². The minimum atomic E-state index is 0.534. The molecule has 1 aromatic rings. The monoisotopic (exact) mass is 245 g/mol. The zero-order valence-electron chi connectivity index (χ0n) is 11.3. The summed E-state index contributed by atoms with van der Waals surface area (Å²) in [5.41, 5.74) is 2.76. The molecule has 3 nitrogen and oxygen atoms in total. The number of nitrogens with one attached hydrogen (secondary N) is 1. The van der Waals surface area contributed by atoms with E-state index in [1.807, 2.05) is 0 Å². The fraction of sp³-hybridized carbons (Fsp3) is 0.667. The highest BCUT2D eigenvalue weighted by Gasteiger charge is 2.19. The van der Waals surface area contributed by atoms with Crippen LogP contribution in [0, 0.1) is 0 Å². The van der Waals surface area contributed by atoms with Gasteiger partial charge in [-0.15, -0.1) is 0 Å². The third-order valence-electron chi connectivity index (χ3n) is 4.17.